The van der Waals surface area contributed by atoms with Gasteiger partial charge in [0.05, 0.1) is 7.11 Å². The molecule has 0 bridgehead atoms. The van der Waals surface area contributed by atoms with Crippen molar-refractivity contribution in [3.8, 4) is 17.2 Å². The van der Waals surface area contributed by atoms with Crippen molar-refractivity contribution in [1.29, 1.82) is 0 Å². The molecule has 0 spiro atoms. The van der Waals surface area contributed by atoms with Gasteiger partial charge in [0.15, 0.2) is 17.3 Å². The Balaban J connectivity index is 1.93. The molecule has 0 aliphatic heterocycles. The number of allylic oxidation sites excluding steroid dienone is 2. The van der Waals surface area contributed by atoms with Gasteiger partial charge in [-0.25, -0.2) is 0 Å². The molecule has 2 rings (SSSR count). The van der Waals surface area contributed by atoms with E-state index in [0.29, 0.717) is 17.7 Å². The van der Waals surface area contributed by atoms with Gasteiger partial charge in [0, 0.05) is 12.5 Å². The third-order valence-corrected chi connectivity index (χ3v) is 3.56. The zero-order valence-electron chi connectivity index (χ0n) is 13.8. The van der Waals surface area contributed by atoms with Gasteiger partial charge >= 0.3 is 0 Å². The van der Waals surface area contributed by atoms with Crippen LogP contribution >= 0.6 is 0 Å². The summed E-state index contributed by atoms with van der Waals surface area (Å²) in [7, 11) is 1.45. The number of ketones is 1. The molecule has 3 N–H and O–H groups in total. The van der Waals surface area contributed by atoms with E-state index in [1.165, 1.54) is 25.3 Å². The van der Waals surface area contributed by atoms with Crippen LogP contribution in [-0.4, -0.2) is 28.2 Å². The van der Waals surface area contributed by atoms with Crippen molar-refractivity contribution in [1.82, 2.24) is 0 Å². The average Bonchev–Trinajstić information content (AvgIpc) is 2.60. The number of aliphatic hydroxyl groups excluding tert-OH is 1. The number of aliphatic hydroxyl groups is 1. The van der Waals surface area contributed by atoms with Crippen LogP contribution in [-0.2, 0) is 11.2 Å². The van der Waals surface area contributed by atoms with E-state index < -0.39 is 0 Å². The Morgan fingerprint density at radius 1 is 1.12 bits per heavy atom. The fraction of sp³-hybridized carbons (Fsp3) is 0.150. The number of carbonyl (C=O) groups is 1. The topological polar surface area (TPSA) is 87.0 Å². The monoisotopic (exact) mass is 340 g/mol. The van der Waals surface area contributed by atoms with Crippen LogP contribution < -0.4 is 4.74 Å². The van der Waals surface area contributed by atoms with Gasteiger partial charge in [-0.1, -0.05) is 24.3 Å². The normalized spacial score (nSPS) is 11.6. The molecule has 130 valence electrons. The number of aromatic hydroxyl groups is 2. The highest BCUT2D eigenvalue weighted by molar-refractivity contribution is 5.90. The Hall–Kier alpha value is -3.21. The second-order valence-electron chi connectivity index (χ2n) is 5.47. The lowest BCUT2D eigenvalue weighted by molar-refractivity contribution is -0.114. The molecule has 2 aromatic carbocycles. The minimum absolute atomic E-state index is 0.0313. The molecule has 25 heavy (non-hydrogen) atoms. The predicted molar refractivity (Wildman–Crippen MR) is 95.8 cm³/mol. The van der Waals surface area contributed by atoms with E-state index in [1.807, 2.05) is 0 Å². The van der Waals surface area contributed by atoms with Crippen LogP contribution in [0.1, 0.15) is 17.5 Å². The van der Waals surface area contributed by atoms with Gasteiger partial charge in [-0.3, -0.25) is 4.79 Å². The summed E-state index contributed by atoms with van der Waals surface area (Å²) in [5.74, 6) is 0.198. The molecule has 0 atom stereocenters. The molecule has 0 saturated carbocycles. The molecule has 5 heteroatoms. The molecule has 0 fully saturated rings. The summed E-state index contributed by atoms with van der Waals surface area (Å²) in [6.45, 7) is 0. The number of rotatable bonds is 7. The molecule has 2 aromatic rings. The number of hydrogen-bond donors (Lipinski definition) is 3. The maximum absolute atomic E-state index is 11.9. The minimum Gasteiger partial charge on any atom is -0.508 e. The lowest BCUT2D eigenvalue weighted by atomic mass is 10.1. The molecule has 0 aromatic heterocycles. The Kier molecular flexibility index (Phi) is 6.23. The first-order valence-corrected chi connectivity index (χ1v) is 7.74. The summed E-state index contributed by atoms with van der Waals surface area (Å²) in [4.78, 5) is 11.9. The number of hydrogen-bond acceptors (Lipinski definition) is 5. The number of methoxy groups -OCH3 is 1. The Bertz CT molecular complexity index is 788. The summed E-state index contributed by atoms with van der Waals surface area (Å²) < 4.78 is 5.01. The van der Waals surface area contributed by atoms with Crippen molar-refractivity contribution in [2.75, 3.05) is 7.11 Å². The summed E-state index contributed by atoms with van der Waals surface area (Å²) in [5.41, 5.74) is 1.65. The summed E-state index contributed by atoms with van der Waals surface area (Å²) in [6.07, 6.45) is 4.98. The molecule has 0 radical (unpaired) electrons. The molecule has 0 aliphatic rings. The van der Waals surface area contributed by atoms with Crippen molar-refractivity contribution >= 4 is 11.9 Å². The predicted octanol–water partition coefficient (Wildman–Crippen LogP) is 3.76. The van der Waals surface area contributed by atoms with Crippen LogP contribution in [0.25, 0.3) is 6.08 Å². The van der Waals surface area contributed by atoms with Gasteiger partial charge in [-0.15, -0.1) is 0 Å². The lowest BCUT2D eigenvalue weighted by Gasteiger charge is -2.03. The Labute approximate surface area is 146 Å². The molecule has 0 heterocycles. The standard InChI is InChI=1S/C20H20O5/c1-25-20-12-15(6-11-19(20)24)5-10-18(23)13-17(22)9-4-14-2-7-16(21)8-3-14/h2-3,5-8,10-13,21,23-24H,4,9H2,1H3/b10-5+,18-13-. The number of carbonyl (C=O) groups excluding carboxylic acids is 1. The van der Waals surface area contributed by atoms with Gasteiger partial charge < -0.3 is 20.1 Å². The number of ether oxygens (including phenoxy) is 1. The van der Waals surface area contributed by atoms with Crippen molar-refractivity contribution in [3.05, 3.63) is 71.5 Å². The highest BCUT2D eigenvalue weighted by Crippen LogP contribution is 2.26. The molecular weight excluding hydrogens is 320 g/mol. The van der Waals surface area contributed by atoms with E-state index in [1.54, 1.807) is 42.5 Å². The van der Waals surface area contributed by atoms with Gasteiger partial charge in [-0.2, -0.15) is 0 Å². The lowest BCUT2D eigenvalue weighted by Crippen LogP contribution is -1.97. The smallest absolute Gasteiger partial charge is 0.161 e. The molecular formula is C20H20O5. The van der Waals surface area contributed by atoms with E-state index in [9.17, 15) is 20.1 Å². The maximum atomic E-state index is 11.9. The quantitative estimate of drug-likeness (QED) is 0.406. The molecule has 0 unspecified atom stereocenters. The van der Waals surface area contributed by atoms with Gasteiger partial charge in [0.2, 0.25) is 0 Å². The molecule has 0 aliphatic carbocycles. The van der Waals surface area contributed by atoms with Crippen LogP contribution in [0.2, 0.25) is 0 Å². The van der Waals surface area contributed by atoms with Crippen LogP contribution in [0.15, 0.2) is 60.4 Å². The van der Waals surface area contributed by atoms with Gasteiger partial charge in [0.1, 0.15) is 11.5 Å². The third-order valence-electron chi connectivity index (χ3n) is 3.56. The largest absolute Gasteiger partial charge is 0.508 e. The second kappa shape index (κ2) is 8.59. The van der Waals surface area contributed by atoms with E-state index >= 15 is 0 Å². The average molecular weight is 340 g/mol. The molecule has 5 nitrogen and oxygen atoms in total. The summed E-state index contributed by atoms with van der Waals surface area (Å²) in [5, 5.41) is 28.6. The van der Waals surface area contributed by atoms with Crippen molar-refractivity contribution in [2.24, 2.45) is 0 Å². The summed E-state index contributed by atoms with van der Waals surface area (Å²) >= 11 is 0. The first-order chi connectivity index (χ1) is 12.0. The van der Waals surface area contributed by atoms with Gasteiger partial charge in [-0.05, 0) is 47.9 Å². The highest BCUT2D eigenvalue weighted by atomic mass is 16.5. The van der Waals surface area contributed by atoms with E-state index in [4.69, 9.17) is 4.74 Å². The second-order valence-corrected chi connectivity index (χ2v) is 5.47. The minimum atomic E-state index is -0.196. The fourth-order valence-corrected chi connectivity index (χ4v) is 2.19. The van der Waals surface area contributed by atoms with Crippen molar-refractivity contribution < 1.29 is 24.9 Å². The summed E-state index contributed by atoms with van der Waals surface area (Å²) in [6, 6.07) is 11.4. The van der Waals surface area contributed by atoms with Crippen LogP contribution in [0.5, 0.6) is 17.2 Å². The first-order valence-electron chi connectivity index (χ1n) is 7.74. The SMILES string of the molecule is COc1cc(/C=C/C(O)=C/C(=O)CCc2ccc(O)cc2)ccc1O. The zero-order valence-corrected chi connectivity index (χ0v) is 13.8. The number of phenols is 2. The number of aryl methyl sites for hydroxylation is 1. The van der Waals surface area contributed by atoms with Gasteiger partial charge in [0.25, 0.3) is 0 Å². The van der Waals surface area contributed by atoms with Crippen molar-refractivity contribution in [3.63, 3.8) is 0 Å². The van der Waals surface area contributed by atoms with Crippen molar-refractivity contribution in [2.45, 2.75) is 12.8 Å². The fourth-order valence-electron chi connectivity index (χ4n) is 2.19. The molecule has 0 amide bonds. The van der Waals surface area contributed by atoms with E-state index in [-0.39, 0.29) is 29.5 Å². The number of benzene rings is 2. The Morgan fingerprint density at radius 2 is 1.84 bits per heavy atom. The molecule has 0 saturated heterocycles. The van der Waals surface area contributed by atoms with E-state index in [0.717, 1.165) is 5.56 Å². The van der Waals surface area contributed by atoms with Crippen LogP contribution in [0.3, 0.4) is 0 Å². The highest BCUT2D eigenvalue weighted by Gasteiger charge is 2.03. The van der Waals surface area contributed by atoms with Crippen LogP contribution in [0.4, 0.5) is 0 Å². The van der Waals surface area contributed by atoms with Crippen LogP contribution in [0, 0.1) is 0 Å². The number of phenolic OH excluding ortho intramolecular Hbond substituents is 2. The first kappa shape index (κ1) is 18.1. The zero-order chi connectivity index (χ0) is 18.2. The van der Waals surface area contributed by atoms with E-state index in [2.05, 4.69) is 0 Å². The maximum Gasteiger partial charge on any atom is 0.161 e. The Morgan fingerprint density at radius 3 is 2.52 bits per heavy atom. The third kappa shape index (κ3) is 5.73.